The van der Waals surface area contributed by atoms with Gasteiger partial charge < -0.3 is 5.73 Å². The fraction of sp³-hybridized carbons (Fsp3) is 0.143. The molecule has 0 atom stereocenters. The van der Waals surface area contributed by atoms with Crippen molar-refractivity contribution in [2.24, 2.45) is 4.99 Å². The van der Waals surface area contributed by atoms with Gasteiger partial charge in [-0.1, -0.05) is 24.3 Å². The van der Waals surface area contributed by atoms with Gasteiger partial charge in [0.05, 0.1) is 17.1 Å². The molecule has 0 fully saturated rings. The van der Waals surface area contributed by atoms with Crippen LogP contribution in [0.5, 0.6) is 0 Å². The van der Waals surface area contributed by atoms with Crippen LogP contribution in [-0.4, -0.2) is 10.7 Å². The van der Waals surface area contributed by atoms with E-state index in [1.807, 2.05) is 50.2 Å². The minimum atomic E-state index is 0.516. The molecule has 2 rings (SSSR count). The van der Waals surface area contributed by atoms with Crippen LogP contribution in [0.1, 0.15) is 18.2 Å². The van der Waals surface area contributed by atoms with Crippen LogP contribution in [0.3, 0.4) is 0 Å². The van der Waals surface area contributed by atoms with Gasteiger partial charge in [0.2, 0.25) is 0 Å². The van der Waals surface area contributed by atoms with Gasteiger partial charge in [0.1, 0.15) is 5.82 Å². The second-order valence-electron chi connectivity index (χ2n) is 3.93. The minimum absolute atomic E-state index is 0.516. The molecule has 3 heteroatoms. The monoisotopic (exact) mass is 225 g/mol. The van der Waals surface area contributed by atoms with Gasteiger partial charge in [-0.15, -0.1) is 0 Å². The molecule has 1 aromatic heterocycles. The molecule has 0 aliphatic rings. The number of para-hydroxylation sites is 1. The van der Waals surface area contributed by atoms with Crippen LogP contribution in [-0.2, 0) is 0 Å². The van der Waals surface area contributed by atoms with Crippen LogP contribution >= 0.6 is 0 Å². The smallest absolute Gasteiger partial charge is 0.124 e. The standard InChI is InChI=1S/C14H15N3/c1-10-6-3-4-7-12(10)16-11(2)13-8-5-9-14(15)17-13/h3-9H,1-2H3,(H2,15,17). The Morgan fingerprint density at radius 2 is 1.88 bits per heavy atom. The van der Waals surface area contributed by atoms with E-state index in [4.69, 9.17) is 5.73 Å². The van der Waals surface area contributed by atoms with Gasteiger partial charge in [-0.25, -0.2) is 4.98 Å². The quantitative estimate of drug-likeness (QED) is 0.798. The number of rotatable bonds is 2. The summed E-state index contributed by atoms with van der Waals surface area (Å²) in [5.41, 5.74) is 9.45. The Bertz CT molecular complexity index is 559. The Labute approximate surface area is 101 Å². The second kappa shape index (κ2) is 4.78. The molecule has 0 saturated heterocycles. The third-order valence-electron chi connectivity index (χ3n) is 2.54. The maximum atomic E-state index is 5.65. The Morgan fingerprint density at radius 3 is 2.59 bits per heavy atom. The Hall–Kier alpha value is -2.16. The predicted octanol–water partition coefficient (Wildman–Crippen LogP) is 3.11. The fourth-order valence-electron chi connectivity index (χ4n) is 1.58. The number of aromatic nitrogens is 1. The molecule has 2 aromatic rings. The van der Waals surface area contributed by atoms with Gasteiger partial charge in [0, 0.05) is 0 Å². The van der Waals surface area contributed by atoms with Crippen LogP contribution in [0, 0.1) is 6.92 Å². The van der Waals surface area contributed by atoms with E-state index in [0.29, 0.717) is 5.82 Å². The lowest BCUT2D eigenvalue weighted by atomic mass is 10.2. The first-order valence-corrected chi connectivity index (χ1v) is 5.50. The molecule has 0 aliphatic heterocycles. The molecular weight excluding hydrogens is 210 g/mol. The number of aliphatic imine (C=N–C) groups is 1. The van der Waals surface area contributed by atoms with Gasteiger partial charge in [0.25, 0.3) is 0 Å². The first-order chi connectivity index (χ1) is 8.16. The van der Waals surface area contributed by atoms with Crippen molar-refractivity contribution >= 4 is 17.2 Å². The molecule has 3 nitrogen and oxygen atoms in total. The summed E-state index contributed by atoms with van der Waals surface area (Å²) in [6.45, 7) is 3.98. The number of nitrogen functional groups attached to an aromatic ring is 1. The van der Waals surface area contributed by atoms with Crippen LogP contribution in [0.4, 0.5) is 11.5 Å². The molecule has 17 heavy (non-hydrogen) atoms. The lowest BCUT2D eigenvalue weighted by Gasteiger charge is -2.03. The maximum absolute atomic E-state index is 5.65. The maximum Gasteiger partial charge on any atom is 0.124 e. The zero-order chi connectivity index (χ0) is 12.3. The van der Waals surface area contributed by atoms with Crippen molar-refractivity contribution < 1.29 is 0 Å². The predicted molar refractivity (Wildman–Crippen MR) is 71.7 cm³/mol. The van der Waals surface area contributed by atoms with Crippen molar-refractivity contribution in [2.45, 2.75) is 13.8 Å². The lowest BCUT2D eigenvalue weighted by molar-refractivity contribution is 1.28. The highest BCUT2D eigenvalue weighted by Crippen LogP contribution is 2.18. The third kappa shape index (κ3) is 2.69. The van der Waals surface area contributed by atoms with Gasteiger partial charge in [-0.3, -0.25) is 4.99 Å². The summed E-state index contributed by atoms with van der Waals surface area (Å²) in [7, 11) is 0. The van der Waals surface area contributed by atoms with Crippen molar-refractivity contribution in [3.63, 3.8) is 0 Å². The summed E-state index contributed by atoms with van der Waals surface area (Å²) in [4.78, 5) is 8.81. The topological polar surface area (TPSA) is 51.3 Å². The fourth-order valence-corrected chi connectivity index (χ4v) is 1.58. The van der Waals surface area contributed by atoms with Crippen molar-refractivity contribution in [3.05, 3.63) is 53.7 Å². The molecule has 0 bridgehead atoms. The first kappa shape index (κ1) is 11.3. The summed E-state index contributed by atoms with van der Waals surface area (Å²) < 4.78 is 0. The molecule has 86 valence electrons. The number of anilines is 1. The molecule has 0 spiro atoms. The average Bonchev–Trinajstić information content (AvgIpc) is 2.32. The van der Waals surface area contributed by atoms with Gasteiger partial charge in [-0.05, 0) is 37.6 Å². The minimum Gasteiger partial charge on any atom is -0.384 e. The second-order valence-corrected chi connectivity index (χ2v) is 3.93. The Balaban J connectivity index is 2.38. The number of pyridine rings is 1. The number of nitrogens with zero attached hydrogens (tertiary/aromatic N) is 2. The lowest BCUT2D eigenvalue weighted by Crippen LogP contribution is -2.00. The van der Waals surface area contributed by atoms with E-state index in [2.05, 4.69) is 9.98 Å². The molecule has 0 aliphatic carbocycles. The van der Waals surface area contributed by atoms with Crippen LogP contribution in [0.2, 0.25) is 0 Å². The largest absolute Gasteiger partial charge is 0.384 e. The number of nitrogens with two attached hydrogens (primary N) is 1. The van der Waals surface area contributed by atoms with E-state index in [1.165, 1.54) is 0 Å². The molecule has 0 radical (unpaired) electrons. The number of benzene rings is 1. The van der Waals surface area contributed by atoms with E-state index in [1.54, 1.807) is 6.07 Å². The zero-order valence-electron chi connectivity index (χ0n) is 10.0. The highest BCUT2D eigenvalue weighted by Gasteiger charge is 2.01. The van der Waals surface area contributed by atoms with Crippen molar-refractivity contribution in [1.29, 1.82) is 0 Å². The number of hydrogen-bond acceptors (Lipinski definition) is 3. The SMILES string of the molecule is CC(=Nc1ccccc1C)c1cccc(N)n1. The molecule has 2 N–H and O–H groups in total. The Kier molecular flexibility index (Phi) is 3.19. The van der Waals surface area contributed by atoms with Crippen LogP contribution in [0.25, 0.3) is 0 Å². The van der Waals surface area contributed by atoms with Crippen molar-refractivity contribution in [2.75, 3.05) is 5.73 Å². The van der Waals surface area contributed by atoms with Gasteiger partial charge >= 0.3 is 0 Å². The molecule has 0 unspecified atom stereocenters. The van der Waals surface area contributed by atoms with Crippen LogP contribution < -0.4 is 5.73 Å². The van der Waals surface area contributed by atoms with E-state index < -0.39 is 0 Å². The van der Waals surface area contributed by atoms with E-state index in [-0.39, 0.29) is 0 Å². The van der Waals surface area contributed by atoms with Gasteiger partial charge in [-0.2, -0.15) is 0 Å². The third-order valence-corrected chi connectivity index (χ3v) is 2.54. The zero-order valence-corrected chi connectivity index (χ0v) is 10.0. The average molecular weight is 225 g/mol. The molecule has 0 amide bonds. The number of hydrogen-bond donors (Lipinski definition) is 1. The Morgan fingerprint density at radius 1 is 1.12 bits per heavy atom. The normalized spacial score (nSPS) is 11.5. The molecular formula is C14H15N3. The van der Waals surface area contributed by atoms with E-state index >= 15 is 0 Å². The summed E-state index contributed by atoms with van der Waals surface area (Å²) in [5, 5.41) is 0. The summed E-state index contributed by atoms with van der Waals surface area (Å²) in [6, 6.07) is 13.6. The van der Waals surface area contributed by atoms with Crippen LogP contribution in [0.15, 0.2) is 47.5 Å². The molecule has 1 aromatic carbocycles. The highest BCUT2D eigenvalue weighted by atomic mass is 14.9. The highest BCUT2D eigenvalue weighted by molar-refractivity contribution is 5.98. The van der Waals surface area contributed by atoms with E-state index in [0.717, 1.165) is 22.7 Å². The summed E-state index contributed by atoms with van der Waals surface area (Å²) in [5.74, 6) is 0.516. The molecule has 1 heterocycles. The summed E-state index contributed by atoms with van der Waals surface area (Å²) in [6.07, 6.45) is 0. The molecule has 0 saturated carbocycles. The summed E-state index contributed by atoms with van der Waals surface area (Å²) >= 11 is 0. The van der Waals surface area contributed by atoms with E-state index in [9.17, 15) is 0 Å². The number of aryl methyl sites for hydroxylation is 1. The van der Waals surface area contributed by atoms with Crippen molar-refractivity contribution in [1.82, 2.24) is 4.98 Å². The van der Waals surface area contributed by atoms with Crippen molar-refractivity contribution in [3.8, 4) is 0 Å². The first-order valence-electron chi connectivity index (χ1n) is 5.50. The van der Waals surface area contributed by atoms with Gasteiger partial charge in [0.15, 0.2) is 0 Å².